The second-order valence-electron chi connectivity index (χ2n) is 11.4. The summed E-state index contributed by atoms with van der Waals surface area (Å²) in [4.78, 5) is 70.5. The van der Waals surface area contributed by atoms with Gasteiger partial charge in [0, 0.05) is 39.3 Å². The molecule has 0 aliphatic carbocycles. The Hall–Kier alpha value is -2.73. The number of likely N-dealkylation sites (N-methyl/N-ethyl adjacent to an activating group) is 1. The molecule has 0 spiro atoms. The lowest BCUT2D eigenvalue weighted by atomic mass is 10.1. The summed E-state index contributed by atoms with van der Waals surface area (Å²) in [5.74, 6) is -1.22. The maximum atomic E-state index is 13.7. The summed E-state index contributed by atoms with van der Waals surface area (Å²) in [6.07, 6.45) is 3.68. The topological polar surface area (TPSA) is 129 Å². The van der Waals surface area contributed by atoms with Gasteiger partial charge in [-0.3, -0.25) is 24.1 Å². The maximum Gasteiger partial charge on any atom is 0.329 e. The van der Waals surface area contributed by atoms with E-state index in [0.29, 0.717) is 58.4 Å². The number of likely N-dealkylation sites (tertiary alicyclic amines) is 2. The van der Waals surface area contributed by atoms with Gasteiger partial charge in [-0.25, -0.2) is 4.79 Å². The van der Waals surface area contributed by atoms with Gasteiger partial charge in [0.15, 0.2) is 0 Å². The van der Waals surface area contributed by atoms with Crippen molar-refractivity contribution in [3.63, 3.8) is 0 Å². The van der Waals surface area contributed by atoms with Gasteiger partial charge in [-0.2, -0.15) is 0 Å². The first-order valence-corrected chi connectivity index (χ1v) is 14.7. The van der Waals surface area contributed by atoms with Crippen LogP contribution in [0.1, 0.15) is 65.7 Å². The minimum absolute atomic E-state index is 0.0517. The van der Waals surface area contributed by atoms with E-state index >= 15 is 0 Å². The Morgan fingerprint density at radius 3 is 2.38 bits per heavy atom. The van der Waals surface area contributed by atoms with E-state index in [1.807, 2.05) is 13.8 Å². The van der Waals surface area contributed by atoms with Gasteiger partial charge in [-0.05, 0) is 65.8 Å². The maximum absolute atomic E-state index is 13.7. The van der Waals surface area contributed by atoms with E-state index in [0.717, 1.165) is 32.5 Å². The monoisotopic (exact) mass is 565 g/mol. The lowest BCUT2D eigenvalue weighted by molar-refractivity contribution is -0.157. The fraction of sp³-hybridized carbons (Fsp3) is 0.821. The van der Waals surface area contributed by atoms with Gasteiger partial charge in [0.1, 0.15) is 24.2 Å². The molecule has 40 heavy (non-hydrogen) atoms. The molecule has 0 aromatic carbocycles. The van der Waals surface area contributed by atoms with Crippen LogP contribution in [0.25, 0.3) is 0 Å². The summed E-state index contributed by atoms with van der Waals surface area (Å²) in [5.41, 5.74) is 0. The predicted octanol–water partition coefficient (Wildman–Crippen LogP) is 0.384. The van der Waals surface area contributed by atoms with Crippen molar-refractivity contribution in [1.29, 1.82) is 0 Å². The SMILES string of the molecule is CC(C)NC(=O)C(CCCN1CCOCC1)N(C)C(=O)C1CCCN1C(=O)CC(C)OC(=O)C1CCCN1C=O. The third-order valence-corrected chi connectivity index (χ3v) is 7.94. The summed E-state index contributed by atoms with van der Waals surface area (Å²) in [6.45, 7) is 10.3. The van der Waals surface area contributed by atoms with Crippen LogP contribution in [0.2, 0.25) is 0 Å². The van der Waals surface area contributed by atoms with E-state index in [9.17, 15) is 24.0 Å². The highest BCUT2D eigenvalue weighted by Crippen LogP contribution is 2.23. The summed E-state index contributed by atoms with van der Waals surface area (Å²) in [7, 11) is 1.65. The van der Waals surface area contributed by atoms with Crippen molar-refractivity contribution in [1.82, 2.24) is 24.9 Å². The van der Waals surface area contributed by atoms with Crippen LogP contribution in [0.4, 0.5) is 0 Å². The molecule has 12 nitrogen and oxygen atoms in total. The normalized spacial score (nSPS) is 23.1. The molecule has 0 aromatic heterocycles. The average Bonchev–Trinajstić information content (AvgIpc) is 3.60. The largest absolute Gasteiger partial charge is 0.461 e. The molecule has 4 atom stereocenters. The van der Waals surface area contributed by atoms with E-state index in [1.54, 1.807) is 18.9 Å². The zero-order valence-corrected chi connectivity index (χ0v) is 24.5. The van der Waals surface area contributed by atoms with Gasteiger partial charge < -0.3 is 29.5 Å². The molecule has 3 rings (SSSR count). The fourth-order valence-corrected chi connectivity index (χ4v) is 5.77. The number of hydrogen-bond acceptors (Lipinski definition) is 8. The summed E-state index contributed by atoms with van der Waals surface area (Å²) in [5, 5.41) is 2.95. The number of rotatable bonds is 13. The van der Waals surface area contributed by atoms with Crippen molar-refractivity contribution >= 4 is 30.1 Å². The first-order valence-electron chi connectivity index (χ1n) is 14.7. The first kappa shape index (κ1) is 31.8. The molecule has 0 bridgehead atoms. The standard InChI is InChI=1S/C28H47N5O7/c1-20(2)29-26(36)22(8-5-11-31-14-16-39-17-15-31)30(4)27(37)23-9-7-13-33(23)25(35)18-21(3)40-28(38)24-10-6-12-32(24)19-34/h19-24H,5-18H2,1-4H3,(H,29,36). The zero-order valence-electron chi connectivity index (χ0n) is 24.5. The van der Waals surface area contributed by atoms with E-state index in [-0.39, 0.29) is 30.2 Å². The van der Waals surface area contributed by atoms with E-state index < -0.39 is 30.2 Å². The number of hydrogen-bond donors (Lipinski definition) is 1. The molecule has 4 amide bonds. The highest BCUT2D eigenvalue weighted by atomic mass is 16.5. The predicted molar refractivity (Wildman–Crippen MR) is 147 cm³/mol. The number of ether oxygens (including phenoxy) is 2. The van der Waals surface area contributed by atoms with Gasteiger partial charge in [0.25, 0.3) is 0 Å². The second kappa shape index (κ2) is 15.3. The average molecular weight is 566 g/mol. The second-order valence-corrected chi connectivity index (χ2v) is 11.4. The van der Waals surface area contributed by atoms with Crippen LogP contribution < -0.4 is 5.32 Å². The Bertz CT molecular complexity index is 894. The van der Waals surface area contributed by atoms with E-state index in [2.05, 4.69) is 10.2 Å². The first-order chi connectivity index (χ1) is 19.1. The molecule has 0 saturated carbocycles. The van der Waals surface area contributed by atoms with Crippen molar-refractivity contribution in [3.8, 4) is 0 Å². The Labute approximate surface area is 237 Å². The van der Waals surface area contributed by atoms with E-state index in [4.69, 9.17) is 9.47 Å². The van der Waals surface area contributed by atoms with Gasteiger partial charge in [0.05, 0.1) is 19.6 Å². The zero-order chi connectivity index (χ0) is 29.2. The summed E-state index contributed by atoms with van der Waals surface area (Å²) in [6, 6.07) is -1.97. The van der Waals surface area contributed by atoms with Crippen LogP contribution in [-0.2, 0) is 33.4 Å². The number of nitrogens with one attached hydrogen (secondary N) is 1. The van der Waals surface area contributed by atoms with Crippen molar-refractivity contribution in [2.45, 2.75) is 96.0 Å². The van der Waals surface area contributed by atoms with Crippen LogP contribution in [0, 0.1) is 0 Å². The molecule has 3 fully saturated rings. The molecule has 3 aliphatic rings. The van der Waals surface area contributed by atoms with Gasteiger partial charge in [0.2, 0.25) is 24.1 Å². The van der Waals surface area contributed by atoms with Gasteiger partial charge >= 0.3 is 5.97 Å². The van der Waals surface area contributed by atoms with E-state index in [1.165, 1.54) is 9.80 Å². The number of nitrogens with zero attached hydrogens (tertiary/aromatic N) is 4. The van der Waals surface area contributed by atoms with Crippen molar-refractivity contribution in [2.24, 2.45) is 0 Å². The third-order valence-electron chi connectivity index (χ3n) is 7.94. The van der Waals surface area contributed by atoms with Gasteiger partial charge in [-0.1, -0.05) is 0 Å². The highest BCUT2D eigenvalue weighted by molar-refractivity contribution is 5.92. The van der Waals surface area contributed by atoms with Crippen molar-refractivity contribution < 1.29 is 33.4 Å². The summed E-state index contributed by atoms with van der Waals surface area (Å²) >= 11 is 0. The molecule has 12 heteroatoms. The number of amides is 4. The van der Waals surface area contributed by atoms with Crippen LogP contribution >= 0.6 is 0 Å². The van der Waals surface area contributed by atoms with Gasteiger partial charge in [-0.15, -0.1) is 0 Å². The Kier molecular flexibility index (Phi) is 12.2. The number of morpholine rings is 1. The molecule has 3 saturated heterocycles. The number of carbonyl (C=O) groups excluding carboxylic acids is 5. The molecule has 1 N–H and O–H groups in total. The molecular weight excluding hydrogens is 518 g/mol. The third kappa shape index (κ3) is 8.63. The Balaban J connectivity index is 1.58. The summed E-state index contributed by atoms with van der Waals surface area (Å²) < 4.78 is 10.9. The molecule has 3 aliphatic heterocycles. The van der Waals surface area contributed by atoms with Crippen LogP contribution in [0.5, 0.6) is 0 Å². The highest BCUT2D eigenvalue weighted by Gasteiger charge is 2.39. The lowest BCUT2D eigenvalue weighted by Gasteiger charge is -2.34. The van der Waals surface area contributed by atoms with Crippen LogP contribution in [0.3, 0.4) is 0 Å². The molecule has 0 aromatic rings. The molecule has 0 radical (unpaired) electrons. The molecule has 3 heterocycles. The molecule has 4 unspecified atom stereocenters. The molecule has 226 valence electrons. The fourth-order valence-electron chi connectivity index (χ4n) is 5.77. The number of esters is 1. The lowest BCUT2D eigenvalue weighted by Crippen LogP contribution is -2.54. The van der Waals surface area contributed by atoms with Crippen molar-refractivity contribution in [2.75, 3.05) is 53.0 Å². The van der Waals surface area contributed by atoms with Crippen LogP contribution in [-0.4, -0.2) is 133 Å². The minimum Gasteiger partial charge on any atom is -0.461 e. The number of carbonyl (C=O) groups is 5. The van der Waals surface area contributed by atoms with Crippen molar-refractivity contribution in [3.05, 3.63) is 0 Å². The smallest absolute Gasteiger partial charge is 0.329 e. The Morgan fingerprint density at radius 2 is 1.70 bits per heavy atom. The quantitative estimate of drug-likeness (QED) is 0.251. The van der Waals surface area contributed by atoms with Crippen LogP contribution in [0.15, 0.2) is 0 Å². The minimum atomic E-state index is -0.687. The molecular formula is C28H47N5O7. The Morgan fingerprint density at radius 1 is 1.02 bits per heavy atom.